The molecule has 1 aromatic rings. The van der Waals surface area contributed by atoms with Crippen molar-refractivity contribution in [3.63, 3.8) is 0 Å². The number of ether oxygens (including phenoxy) is 1. The molecule has 2 heterocycles. The lowest BCUT2D eigenvalue weighted by Crippen LogP contribution is -2.32. The molecule has 0 spiro atoms. The molecular weight excluding hydrogens is 210 g/mol. The molecule has 16 heavy (non-hydrogen) atoms. The average molecular weight is 223 g/mol. The second kappa shape index (κ2) is 4.44. The first kappa shape index (κ1) is 10.8. The highest BCUT2D eigenvalue weighted by Crippen LogP contribution is 2.16. The van der Waals surface area contributed by atoms with Crippen LogP contribution in [0.1, 0.15) is 16.9 Å². The Hall–Kier alpha value is -1.69. The van der Waals surface area contributed by atoms with Crippen LogP contribution in [0.2, 0.25) is 0 Å². The van der Waals surface area contributed by atoms with Crippen molar-refractivity contribution in [3.8, 4) is 0 Å². The third-order valence-electron chi connectivity index (χ3n) is 2.67. The van der Waals surface area contributed by atoms with Crippen molar-refractivity contribution in [1.82, 2.24) is 9.97 Å². The van der Waals surface area contributed by atoms with Gasteiger partial charge in [0, 0.05) is 13.7 Å². The van der Waals surface area contributed by atoms with E-state index in [-0.39, 0.29) is 5.69 Å². The average Bonchev–Trinajstić information content (AvgIpc) is 2.81. The van der Waals surface area contributed by atoms with Crippen molar-refractivity contribution in [1.29, 1.82) is 0 Å². The van der Waals surface area contributed by atoms with Gasteiger partial charge in [-0.2, -0.15) is 0 Å². The number of aromatic carboxylic acids is 1. The SMILES string of the molecule is CN(c1cnc(C(=O)O)cn1)C1CCOC1. The molecule has 0 amide bonds. The van der Waals surface area contributed by atoms with Crippen molar-refractivity contribution in [2.24, 2.45) is 0 Å². The number of hydrogen-bond donors (Lipinski definition) is 1. The molecule has 0 radical (unpaired) electrons. The first-order valence-electron chi connectivity index (χ1n) is 5.04. The van der Waals surface area contributed by atoms with Gasteiger partial charge in [0.2, 0.25) is 0 Å². The molecule has 6 heteroatoms. The molecule has 0 aliphatic carbocycles. The Bertz CT molecular complexity index is 373. The molecule has 1 aliphatic rings. The quantitative estimate of drug-likeness (QED) is 0.799. The molecule has 86 valence electrons. The van der Waals surface area contributed by atoms with E-state index < -0.39 is 5.97 Å². The normalized spacial score (nSPS) is 19.7. The van der Waals surface area contributed by atoms with Gasteiger partial charge in [0.15, 0.2) is 5.69 Å². The summed E-state index contributed by atoms with van der Waals surface area (Å²) >= 11 is 0. The minimum atomic E-state index is -1.06. The molecule has 6 nitrogen and oxygen atoms in total. The van der Waals surface area contributed by atoms with E-state index in [0.29, 0.717) is 18.5 Å². The zero-order valence-electron chi connectivity index (χ0n) is 8.96. The summed E-state index contributed by atoms with van der Waals surface area (Å²) in [6.07, 6.45) is 3.70. The van der Waals surface area contributed by atoms with Crippen molar-refractivity contribution in [2.45, 2.75) is 12.5 Å². The first-order chi connectivity index (χ1) is 7.68. The fourth-order valence-corrected chi connectivity index (χ4v) is 1.63. The lowest BCUT2D eigenvalue weighted by Gasteiger charge is -2.23. The molecule has 1 aliphatic heterocycles. The number of nitrogens with zero attached hydrogens (tertiary/aromatic N) is 3. The van der Waals surface area contributed by atoms with Gasteiger partial charge in [-0.05, 0) is 6.42 Å². The summed E-state index contributed by atoms with van der Waals surface area (Å²) in [5, 5.41) is 8.69. The van der Waals surface area contributed by atoms with Crippen LogP contribution >= 0.6 is 0 Å². The van der Waals surface area contributed by atoms with Gasteiger partial charge in [-0.1, -0.05) is 0 Å². The van der Waals surface area contributed by atoms with E-state index in [4.69, 9.17) is 9.84 Å². The Kier molecular flexibility index (Phi) is 3.00. The summed E-state index contributed by atoms with van der Waals surface area (Å²) in [5.41, 5.74) is -0.0418. The largest absolute Gasteiger partial charge is 0.476 e. The number of carboxylic acids is 1. The number of aromatic nitrogens is 2. The lowest BCUT2D eigenvalue weighted by molar-refractivity contribution is 0.0690. The van der Waals surface area contributed by atoms with Crippen LogP contribution in [0.25, 0.3) is 0 Å². The summed E-state index contributed by atoms with van der Waals surface area (Å²) in [7, 11) is 1.91. The highest BCUT2D eigenvalue weighted by atomic mass is 16.5. The fourth-order valence-electron chi connectivity index (χ4n) is 1.63. The number of anilines is 1. The number of likely N-dealkylation sites (N-methyl/N-ethyl adjacent to an activating group) is 1. The van der Waals surface area contributed by atoms with Crippen LogP contribution < -0.4 is 4.90 Å². The summed E-state index contributed by atoms with van der Waals surface area (Å²) in [6.45, 7) is 1.44. The Balaban J connectivity index is 2.11. The van der Waals surface area contributed by atoms with Crippen molar-refractivity contribution in [2.75, 3.05) is 25.2 Å². The molecule has 1 atom stereocenters. The van der Waals surface area contributed by atoms with E-state index in [1.807, 2.05) is 11.9 Å². The summed E-state index contributed by atoms with van der Waals surface area (Å²) < 4.78 is 5.28. The third kappa shape index (κ3) is 2.11. The van der Waals surface area contributed by atoms with Gasteiger partial charge in [0.1, 0.15) is 5.82 Å². The van der Waals surface area contributed by atoms with E-state index in [1.54, 1.807) is 0 Å². The van der Waals surface area contributed by atoms with Crippen molar-refractivity contribution >= 4 is 11.8 Å². The summed E-state index contributed by atoms with van der Waals surface area (Å²) in [5.74, 6) is -0.397. The topological polar surface area (TPSA) is 75.6 Å². The van der Waals surface area contributed by atoms with Crippen molar-refractivity contribution in [3.05, 3.63) is 18.1 Å². The predicted octanol–water partition coefficient (Wildman–Crippen LogP) is 0.400. The molecule has 0 aromatic carbocycles. The van der Waals surface area contributed by atoms with E-state index in [0.717, 1.165) is 13.0 Å². The fraction of sp³-hybridized carbons (Fsp3) is 0.500. The monoisotopic (exact) mass is 223 g/mol. The van der Waals surface area contributed by atoms with Crippen LogP contribution in [0.4, 0.5) is 5.82 Å². The van der Waals surface area contributed by atoms with Gasteiger partial charge in [0.25, 0.3) is 0 Å². The van der Waals surface area contributed by atoms with Gasteiger partial charge in [-0.3, -0.25) is 0 Å². The smallest absolute Gasteiger partial charge is 0.356 e. The maximum Gasteiger partial charge on any atom is 0.356 e. The van der Waals surface area contributed by atoms with Crippen LogP contribution in [0.5, 0.6) is 0 Å². The van der Waals surface area contributed by atoms with Crippen LogP contribution in [0.15, 0.2) is 12.4 Å². The molecule has 0 bridgehead atoms. The third-order valence-corrected chi connectivity index (χ3v) is 2.67. The number of rotatable bonds is 3. The Morgan fingerprint density at radius 2 is 2.38 bits per heavy atom. The predicted molar refractivity (Wildman–Crippen MR) is 56.6 cm³/mol. The van der Waals surface area contributed by atoms with E-state index in [9.17, 15) is 4.79 Å². The first-order valence-corrected chi connectivity index (χ1v) is 5.04. The van der Waals surface area contributed by atoms with E-state index >= 15 is 0 Å². The second-order valence-electron chi connectivity index (χ2n) is 3.69. The van der Waals surface area contributed by atoms with Gasteiger partial charge in [-0.15, -0.1) is 0 Å². The summed E-state index contributed by atoms with van der Waals surface area (Å²) in [4.78, 5) is 20.5. The highest BCUT2D eigenvalue weighted by molar-refractivity contribution is 5.84. The van der Waals surface area contributed by atoms with Gasteiger partial charge in [-0.25, -0.2) is 14.8 Å². The molecule has 1 unspecified atom stereocenters. The van der Waals surface area contributed by atoms with Crippen LogP contribution in [-0.2, 0) is 4.74 Å². The molecule has 1 N–H and O–H groups in total. The molecule has 1 saturated heterocycles. The Morgan fingerprint density at radius 3 is 2.88 bits per heavy atom. The zero-order chi connectivity index (χ0) is 11.5. The van der Waals surface area contributed by atoms with E-state index in [1.165, 1.54) is 12.4 Å². The highest BCUT2D eigenvalue weighted by Gasteiger charge is 2.21. The number of carboxylic acid groups (broad SMARTS) is 1. The summed E-state index contributed by atoms with van der Waals surface area (Å²) in [6, 6.07) is 0.296. The van der Waals surface area contributed by atoms with Crippen molar-refractivity contribution < 1.29 is 14.6 Å². The second-order valence-corrected chi connectivity index (χ2v) is 3.69. The molecule has 1 aromatic heterocycles. The van der Waals surface area contributed by atoms with Crippen LogP contribution in [0, 0.1) is 0 Å². The maximum atomic E-state index is 10.6. The number of hydrogen-bond acceptors (Lipinski definition) is 5. The zero-order valence-corrected chi connectivity index (χ0v) is 8.96. The standard InChI is InChI=1S/C10H13N3O3/c1-13(7-2-3-16-6-7)9-5-11-8(4-12-9)10(14)15/h4-5,7H,2-3,6H2,1H3,(H,14,15). The molecule has 2 rings (SSSR count). The minimum Gasteiger partial charge on any atom is -0.476 e. The van der Waals surface area contributed by atoms with Gasteiger partial charge >= 0.3 is 5.97 Å². The molecule has 1 fully saturated rings. The lowest BCUT2D eigenvalue weighted by atomic mass is 10.2. The van der Waals surface area contributed by atoms with Gasteiger partial charge < -0.3 is 14.7 Å². The number of carbonyl (C=O) groups is 1. The van der Waals surface area contributed by atoms with E-state index in [2.05, 4.69) is 9.97 Å². The molecule has 0 saturated carbocycles. The van der Waals surface area contributed by atoms with Crippen LogP contribution in [-0.4, -0.2) is 47.3 Å². The van der Waals surface area contributed by atoms with Gasteiger partial charge in [0.05, 0.1) is 25.0 Å². The van der Waals surface area contributed by atoms with Crippen LogP contribution in [0.3, 0.4) is 0 Å². The molecular formula is C10H13N3O3. The minimum absolute atomic E-state index is 0.0418. The Morgan fingerprint density at radius 1 is 1.56 bits per heavy atom. The Labute approximate surface area is 92.9 Å². The maximum absolute atomic E-state index is 10.6.